The molecule has 0 fully saturated rings. The van der Waals surface area contributed by atoms with Gasteiger partial charge < -0.3 is 22.3 Å². The largest absolute Gasteiger partial charge is 0.395 e. The highest BCUT2D eigenvalue weighted by atomic mass is 16.3. The van der Waals surface area contributed by atoms with Crippen molar-refractivity contribution in [2.45, 2.75) is 24.7 Å². The van der Waals surface area contributed by atoms with Crippen molar-refractivity contribution in [3.8, 4) is 0 Å². The van der Waals surface area contributed by atoms with E-state index in [9.17, 15) is 0 Å². The van der Waals surface area contributed by atoms with Crippen LogP contribution in [0.2, 0.25) is 0 Å². The summed E-state index contributed by atoms with van der Waals surface area (Å²) in [6.07, 6.45) is 2.09. The molecule has 0 spiro atoms. The molecule has 0 aliphatic carbocycles. The molecule has 0 aromatic heterocycles. The first kappa shape index (κ1) is 9.60. The predicted molar refractivity (Wildman–Crippen MR) is 47.6 cm³/mol. The summed E-state index contributed by atoms with van der Waals surface area (Å²) in [6, 6.07) is -0.407. The molecule has 1 aliphatic rings. The van der Waals surface area contributed by atoms with E-state index < -0.39 is 0 Å². The van der Waals surface area contributed by atoms with Crippen molar-refractivity contribution in [3.63, 3.8) is 0 Å². The van der Waals surface area contributed by atoms with E-state index in [2.05, 4.69) is 4.99 Å². The highest BCUT2D eigenvalue weighted by molar-refractivity contribution is 5.64. The SMILES string of the molecule is NC1CC(N)C(C(N)CO)C=N1. The molecule has 12 heavy (non-hydrogen) atoms. The fourth-order valence-corrected chi connectivity index (χ4v) is 1.37. The van der Waals surface area contributed by atoms with E-state index >= 15 is 0 Å². The predicted octanol–water partition coefficient (Wildman–Crippen LogP) is -1.99. The minimum atomic E-state index is -0.323. The van der Waals surface area contributed by atoms with Crippen LogP contribution in [0.5, 0.6) is 0 Å². The second kappa shape index (κ2) is 3.95. The van der Waals surface area contributed by atoms with Crippen LogP contribution in [0.4, 0.5) is 0 Å². The molecule has 4 unspecified atom stereocenters. The van der Waals surface area contributed by atoms with Crippen molar-refractivity contribution < 1.29 is 5.11 Å². The summed E-state index contributed by atoms with van der Waals surface area (Å²) in [4.78, 5) is 4.01. The van der Waals surface area contributed by atoms with Gasteiger partial charge in [-0.05, 0) is 6.42 Å². The molecule has 0 radical (unpaired) electrons. The van der Waals surface area contributed by atoms with E-state index in [1.807, 2.05) is 0 Å². The Kier molecular flexibility index (Phi) is 3.16. The van der Waals surface area contributed by atoms with Gasteiger partial charge in [0.25, 0.3) is 0 Å². The van der Waals surface area contributed by atoms with Crippen LogP contribution >= 0.6 is 0 Å². The van der Waals surface area contributed by atoms with E-state index in [0.717, 1.165) is 0 Å². The van der Waals surface area contributed by atoms with Crippen molar-refractivity contribution in [3.05, 3.63) is 0 Å². The lowest BCUT2D eigenvalue weighted by Crippen LogP contribution is -2.50. The zero-order valence-corrected chi connectivity index (χ0v) is 6.93. The molecule has 5 heteroatoms. The molecule has 1 rings (SSSR count). The summed E-state index contributed by atoms with van der Waals surface area (Å²) >= 11 is 0. The molecule has 0 bridgehead atoms. The Bertz CT molecular complexity index is 173. The molecule has 4 atom stereocenters. The number of aliphatic hydroxyl groups excluding tert-OH is 1. The average molecular weight is 172 g/mol. The van der Waals surface area contributed by atoms with E-state index in [1.54, 1.807) is 6.21 Å². The summed E-state index contributed by atoms with van der Waals surface area (Å²) in [5.41, 5.74) is 17.0. The fourth-order valence-electron chi connectivity index (χ4n) is 1.37. The zero-order chi connectivity index (χ0) is 9.14. The van der Waals surface area contributed by atoms with Gasteiger partial charge in [0, 0.05) is 24.2 Å². The second-order valence-electron chi connectivity index (χ2n) is 3.19. The molecular weight excluding hydrogens is 156 g/mol. The smallest absolute Gasteiger partial charge is 0.0980 e. The van der Waals surface area contributed by atoms with Crippen molar-refractivity contribution >= 4 is 6.21 Å². The van der Waals surface area contributed by atoms with Gasteiger partial charge in [0.15, 0.2) is 0 Å². The minimum absolute atomic E-state index is 0.0465. The van der Waals surface area contributed by atoms with E-state index in [1.165, 1.54) is 0 Å². The second-order valence-corrected chi connectivity index (χ2v) is 3.19. The van der Waals surface area contributed by atoms with Gasteiger partial charge in [-0.15, -0.1) is 0 Å². The number of hydrogen-bond donors (Lipinski definition) is 4. The lowest BCUT2D eigenvalue weighted by Gasteiger charge is -2.29. The maximum atomic E-state index is 8.80. The zero-order valence-electron chi connectivity index (χ0n) is 6.93. The normalized spacial score (nSPS) is 38.2. The number of aliphatic imine (C=N–C) groups is 1. The lowest BCUT2D eigenvalue weighted by atomic mass is 9.89. The van der Waals surface area contributed by atoms with Crippen molar-refractivity contribution in [1.29, 1.82) is 0 Å². The first-order valence-corrected chi connectivity index (χ1v) is 4.06. The van der Waals surface area contributed by atoms with E-state index in [0.29, 0.717) is 6.42 Å². The first-order chi connectivity index (χ1) is 5.65. The Balaban J connectivity index is 2.59. The van der Waals surface area contributed by atoms with E-state index in [4.69, 9.17) is 22.3 Å². The van der Waals surface area contributed by atoms with Gasteiger partial charge >= 0.3 is 0 Å². The van der Waals surface area contributed by atoms with Crippen LogP contribution in [0.25, 0.3) is 0 Å². The number of hydrogen-bond acceptors (Lipinski definition) is 5. The molecule has 1 aliphatic heterocycles. The first-order valence-electron chi connectivity index (χ1n) is 4.06. The molecular formula is C7H16N4O. The molecule has 1 heterocycles. The van der Waals surface area contributed by atoms with Gasteiger partial charge in [-0.25, -0.2) is 0 Å². The van der Waals surface area contributed by atoms with Gasteiger partial charge in [0.2, 0.25) is 0 Å². The number of nitrogens with zero attached hydrogens (tertiary/aromatic N) is 1. The van der Waals surface area contributed by atoms with Crippen molar-refractivity contribution in [2.24, 2.45) is 28.1 Å². The van der Waals surface area contributed by atoms with Crippen molar-refractivity contribution in [1.82, 2.24) is 0 Å². The Morgan fingerprint density at radius 1 is 1.58 bits per heavy atom. The molecule has 0 aromatic carbocycles. The highest BCUT2D eigenvalue weighted by Crippen LogP contribution is 2.13. The molecule has 0 aromatic rings. The highest BCUT2D eigenvalue weighted by Gasteiger charge is 2.27. The Morgan fingerprint density at radius 2 is 2.25 bits per heavy atom. The van der Waals surface area contributed by atoms with Gasteiger partial charge in [-0.1, -0.05) is 0 Å². The molecule has 0 saturated carbocycles. The summed E-state index contributed by atoms with van der Waals surface area (Å²) in [7, 11) is 0. The van der Waals surface area contributed by atoms with Crippen LogP contribution in [0.3, 0.4) is 0 Å². The van der Waals surface area contributed by atoms with Crippen LogP contribution < -0.4 is 17.2 Å². The van der Waals surface area contributed by atoms with Gasteiger partial charge in [-0.3, -0.25) is 4.99 Å². The minimum Gasteiger partial charge on any atom is -0.395 e. The van der Waals surface area contributed by atoms with E-state index in [-0.39, 0.29) is 30.8 Å². The van der Waals surface area contributed by atoms with Gasteiger partial charge in [0.05, 0.1) is 12.8 Å². The Labute approximate surface area is 71.6 Å². The number of nitrogens with two attached hydrogens (primary N) is 3. The van der Waals surface area contributed by atoms with Crippen LogP contribution in [0.1, 0.15) is 6.42 Å². The molecule has 7 N–H and O–H groups in total. The maximum Gasteiger partial charge on any atom is 0.0980 e. The van der Waals surface area contributed by atoms with Gasteiger partial charge in [-0.2, -0.15) is 0 Å². The van der Waals surface area contributed by atoms with Crippen LogP contribution in [-0.4, -0.2) is 36.2 Å². The number of aliphatic hydroxyl groups is 1. The maximum absolute atomic E-state index is 8.80. The van der Waals surface area contributed by atoms with Crippen LogP contribution in [0, 0.1) is 5.92 Å². The topological polar surface area (TPSA) is 111 Å². The summed E-state index contributed by atoms with van der Waals surface area (Å²) in [5, 5.41) is 8.80. The summed E-state index contributed by atoms with van der Waals surface area (Å²) in [6.45, 7) is -0.0698. The standard InChI is InChI=1S/C7H16N4O/c8-5-1-7(10)11-2-4(5)6(9)3-12/h2,4-7,12H,1,3,8-10H2. The lowest BCUT2D eigenvalue weighted by molar-refractivity contribution is 0.230. The van der Waals surface area contributed by atoms with Crippen LogP contribution in [-0.2, 0) is 0 Å². The third-order valence-electron chi connectivity index (χ3n) is 2.16. The summed E-state index contributed by atoms with van der Waals surface area (Å²) in [5.74, 6) is -0.0465. The monoisotopic (exact) mass is 172 g/mol. The third-order valence-corrected chi connectivity index (χ3v) is 2.16. The average Bonchev–Trinajstić information content (AvgIpc) is 2.03. The third kappa shape index (κ3) is 2.01. The fraction of sp³-hybridized carbons (Fsp3) is 0.857. The summed E-state index contributed by atoms with van der Waals surface area (Å²) < 4.78 is 0. The molecule has 0 saturated heterocycles. The molecule has 70 valence electrons. The van der Waals surface area contributed by atoms with Crippen LogP contribution in [0.15, 0.2) is 4.99 Å². The Hall–Kier alpha value is -0.490. The number of rotatable bonds is 2. The molecule has 0 amide bonds. The van der Waals surface area contributed by atoms with Gasteiger partial charge in [0.1, 0.15) is 0 Å². The molecule has 5 nitrogen and oxygen atoms in total. The Morgan fingerprint density at radius 3 is 2.75 bits per heavy atom. The quantitative estimate of drug-likeness (QED) is 0.386. The van der Waals surface area contributed by atoms with Crippen molar-refractivity contribution in [2.75, 3.05) is 6.61 Å².